The highest BCUT2D eigenvalue weighted by molar-refractivity contribution is 6.28. The van der Waals surface area contributed by atoms with Gasteiger partial charge in [-0.25, -0.2) is 4.79 Å². The average molecular weight is 563 g/mol. The third-order valence-electron chi connectivity index (χ3n) is 12.6. The van der Waals surface area contributed by atoms with E-state index in [1.807, 2.05) is 0 Å². The molecule has 2 N–H and O–H groups in total. The highest BCUT2D eigenvalue weighted by Gasteiger charge is 2.93. The second-order valence-electron chi connectivity index (χ2n) is 13.7. The topological polar surface area (TPSA) is 146 Å². The predicted molar refractivity (Wildman–Crippen MR) is 129 cm³/mol. The van der Waals surface area contributed by atoms with E-state index >= 15 is 0 Å². The van der Waals surface area contributed by atoms with Gasteiger partial charge in [-0.05, 0) is 56.4 Å². The molecule has 0 amide bonds. The molecule has 7 fully saturated rings. The molecule has 5 aliphatic heterocycles. The third-order valence-corrected chi connectivity index (χ3v) is 13.4. The molecular weight excluding hydrogens is 532 g/mol. The van der Waals surface area contributed by atoms with Crippen molar-refractivity contribution in [1.82, 2.24) is 0 Å². The molecule has 0 aromatic rings. The largest absolute Gasteiger partial charge is 0.458 e. The molecular formula is C28H31ClO10. The van der Waals surface area contributed by atoms with Crippen LogP contribution in [0.1, 0.15) is 52.9 Å². The molecule has 2 spiro atoms. The summed E-state index contributed by atoms with van der Waals surface area (Å²) in [5.74, 6) is -7.85. The molecule has 11 heteroatoms. The molecule has 0 aromatic heterocycles. The number of carbonyl (C=O) groups is 4. The Hall–Kier alpha value is -1.85. The molecule has 8 aliphatic rings. The highest BCUT2D eigenvalue weighted by Crippen LogP contribution is 2.75. The normalized spacial score (nSPS) is 62.0. The van der Waals surface area contributed by atoms with Crippen LogP contribution in [0.4, 0.5) is 0 Å². The van der Waals surface area contributed by atoms with E-state index in [1.54, 1.807) is 26.8 Å². The first-order chi connectivity index (χ1) is 18.2. The SMILES string of the molecule is C[C@]12C[C@@H]3OC(=O)[C@H]1COC14O[C@]5([C@H]2C1=O)[C@@](O)(CC[C@@H]1[C@@H]4C[C@H](O)[C@@]2(Cl)CC=CC(=O)[C@@]12C)C(=O)O[C@@]35C. The molecule has 5 bridgehead atoms. The maximum absolute atomic E-state index is 14.9. The van der Waals surface area contributed by atoms with E-state index in [2.05, 4.69) is 0 Å². The summed E-state index contributed by atoms with van der Waals surface area (Å²) in [4.78, 5) is 54.3. The van der Waals surface area contributed by atoms with Gasteiger partial charge in [-0.1, -0.05) is 19.9 Å². The smallest absolute Gasteiger partial charge is 0.342 e. The van der Waals surface area contributed by atoms with E-state index in [-0.39, 0.29) is 44.5 Å². The van der Waals surface area contributed by atoms with E-state index in [0.29, 0.717) is 0 Å². The van der Waals surface area contributed by atoms with Crippen molar-refractivity contribution in [2.45, 2.75) is 92.5 Å². The zero-order chi connectivity index (χ0) is 27.8. The standard InChI is InChI=1S/C28H31ClO10/c1-22-10-17-24(3)28-18(22)19(32)27(39-28,36-11-14(22)20(33)37-17)13-9-16(31)25(29)7-4-5-15(30)23(25,2)12(13)6-8-26(28,35)21(34)38-24/h4-5,12-14,16-18,31,35H,6-11H2,1-3H3/t12-,13+,14-,16+,17+,18+,22+,23-,24+,25+,26-,27?,28+/m1/s1. The molecule has 2 saturated carbocycles. The fraction of sp³-hybridized carbons (Fsp3) is 0.786. The van der Waals surface area contributed by atoms with Gasteiger partial charge in [0.15, 0.2) is 28.4 Å². The van der Waals surface area contributed by atoms with Crippen LogP contribution in [0, 0.1) is 34.5 Å². The van der Waals surface area contributed by atoms with Crippen molar-refractivity contribution in [1.29, 1.82) is 0 Å². The Kier molecular flexibility index (Phi) is 4.23. The van der Waals surface area contributed by atoms with Crippen LogP contribution in [0.3, 0.4) is 0 Å². The number of halogens is 1. The fourth-order valence-electron chi connectivity index (χ4n) is 10.5. The van der Waals surface area contributed by atoms with Crippen molar-refractivity contribution >= 4 is 35.1 Å². The van der Waals surface area contributed by atoms with Crippen molar-refractivity contribution in [2.75, 3.05) is 6.61 Å². The highest BCUT2D eigenvalue weighted by atomic mass is 35.5. The number of esters is 2. The van der Waals surface area contributed by atoms with Crippen LogP contribution < -0.4 is 0 Å². The Bertz CT molecular complexity index is 1330. The first-order valence-electron chi connectivity index (χ1n) is 13.8. The number of rotatable bonds is 0. The predicted octanol–water partition coefficient (Wildman–Crippen LogP) is 0.969. The quantitative estimate of drug-likeness (QED) is 0.323. The summed E-state index contributed by atoms with van der Waals surface area (Å²) in [5, 5.41) is 24.0. The van der Waals surface area contributed by atoms with Gasteiger partial charge < -0.3 is 29.2 Å². The molecule has 5 heterocycles. The third kappa shape index (κ3) is 2.15. The van der Waals surface area contributed by atoms with Gasteiger partial charge in [-0.2, -0.15) is 0 Å². The minimum atomic E-state index is -2.28. The first-order valence-corrected chi connectivity index (χ1v) is 14.2. The van der Waals surface area contributed by atoms with Crippen LogP contribution in [0.25, 0.3) is 0 Å². The van der Waals surface area contributed by atoms with Crippen molar-refractivity contribution in [3.8, 4) is 0 Å². The van der Waals surface area contributed by atoms with Crippen molar-refractivity contribution in [3.05, 3.63) is 12.2 Å². The van der Waals surface area contributed by atoms with Crippen molar-refractivity contribution < 1.29 is 48.3 Å². The molecule has 210 valence electrons. The first kappa shape index (κ1) is 24.9. The van der Waals surface area contributed by atoms with Crippen LogP contribution in [0.2, 0.25) is 0 Å². The van der Waals surface area contributed by atoms with E-state index in [4.69, 9.17) is 30.5 Å². The van der Waals surface area contributed by atoms with Gasteiger partial charge in [0, 0.05) is 5.92 Å². The van der Waals surface area contributed by atoms with E-state index in [0.717, 1.165) is 0 Å². The summed E-state index contributed by atoms with van der Waals surface area (Å²) in [7, 11) is 0. The summed E-state index contributed by atoms with van der Waals surface area (Å²) < 4.78 is 25.0. The average Bonchev–Trinajstić information content (AvgIpc) is 3.19. The Morgan fingerprint density at radius 1 is 1.10 bits per heavy atom. The van der Waals surface area contributed by atoms with Gasteiger partial charge in [0.1, 0.15) is 6.10 Å². The minimum Gasteiger partial charge on any atom is -0.458 e. The molecule has 39 heavy (non-hydrogen) atoms. The maximum Gasteiger partial charge on any atom is 0.342 e. The number of aliphatic hydroxyl groups excluding tert-OH is 1. The number of hydrogen-bond acceptors (Lipinski definition) is 10. The monoisotopic (exact) mass is 562 g/mol. The molecule has 8 rings (SSSR count). The van der Waals surface area contributed by atoms with E-state index in [9.17, 15) is 29.4 Å². The molecule has 13 atom stereocenters. The number of alkyl halides is 1. The minimum absolute atomic E-state index is 0.00137. The van der Waals surface area contributed by atoms with Crippen LogP contribution in [-0.4, -0.2) is 80.0 Å². The summed E-state index contributed by atoms with van der Waals surface area (Å²) in [6.07, 6.45) is 1.39. The van der Waals surface area contributed by atoms with Gasteiger partial charge in [0.2, 0.25) is 5.79 Å². The van der Waals surface area contributed by atoms with Gasteiger partial charge in [-0.3, -0.25) is 14.4 Å². The number of hydrogen-bond donors (Lipinski definition) is 2. The second kappa shape index (κ2) is 6.62. The summed E-state index contributed by atoms with van der Waals surface area (Å²) >= 11 is 7.12. The summed E-state index contributed by atoms with van der Waals surface area (Å²) in [6.45, 7) is 4.87. The second-order valence-corrected chi connectivity index (χ2v) is 14.4. The molecule has 10 nitrogen and oxygen atoms in total. The van der Waals surface area contributed by atoms with Crippen LogP contribution >= 0.6 is 11.6 Å². The van der Waals surface area contributed by atoms with Gasteiger partial charge in [-0.15, -0.1) is 11.6 Å². The number of ether oxygens (including phenoxy) is 4. The Balaban J connectivity index is 1.43. The molecule has 5 saturated heterocycles. The lowest BCUT2D eigenvalue weighted by atomic mass is 9.46. The summed E-state index contributed by atoms with van der Waals surface area (Å²) in [6, 6.07) is 0. The molecule has 1 unspecified atom stereocenters. The van der Waals surface area contributed by atoms with Crippen LogP contribution in [0.5, 0.6) is 0 Å². The zero-order valence-corrected chi connectivity index (χ0v) is 22.7. The Morgan fingerprint density at radius 3 is 2.59 bits per heavy atom. The van der Waals surface area contributed by atoms with Crippen molar-refractivity contribution in [2.24, 2.45) is 34.5 Å². The number of Topliss-reactive ketones (excluding diaryl/α,β-unsaturated/α-hetero) is 1. The Morgan fingerprint density at radius 2 is 1.85 bits per heavy atom. The van der Waals surface area contributed by atoms with Crippen LogP contribution in [0.15, 0.2) is 12.2 Å². The van der Waals surface area contributed by atoms with E-state index in [1.165, 1.54) is 6.08 Å². The molecule has 0 radical (unpaired) electrons. The number of allylic oxidation sites excluding steroid dienone is 2. The number of fused-ring (bicyclic) bond motifs is 5. The van der Waals surface area contributed by atoms with Gasteiger partial charge in [0.25, 0.3) is 0 Å². The fourth-order valence-corrected chi connectivity index (χ4v) is 10.9. The molecule has 0 aromatic carbocycles. The lowest BCUT2D eigenvalue weighted by Gasteiger charge is -2.64. The maximum atomic E-state index is 14.9. The molecule has 3 aliphatic carbocycles. The van der Waals surface area contributed by atoms with Gasteiger partial charge in [0.05, 0.1) is 34.8 Å². The summed E-state index contributed by atoms with van der Waals surface area (Å²) in [5.41, 5.74) is -8.24. The number of ketones is 2. The Labute approximate surface area is 229 Å². The van der Waals surface area contributed by atoms with Gasteiger partial charge >= 0.3 is 11.9 Å². The number of aliphatic hydroxyl groups is 2. The zero-order valence-electron chi connectivity index (χ0n) is 21.9. The number of carbonyl (C=O) groups excluding carboxylic acids is 4. The van der Waals surface area contributed by atoms with Crippen molar-refractivity contribution in [3.63, 3.8) is 0 Å². The lowest BCUT2D eigenvalue weighted by Crippen LogP contribution is -2.79. The van der Waals surface area contributed by atoms with E-state index < -0.39 is 91.9 Å². The lowest BCUT2D eigenvalue weighted by molar-refractivity contribution is -0.378. The van der Waals surface area contributed by atoms with Crippen LogP contribution in [-0.2, 0) is 38.1 Å².